The first kappa shape index (κ1) is 12.7. The molecule has 0 aromatic carbocycles. The van der Waals surface area contributed by atoms with Crippen molar-refractivity contribution < 1.29 is 14.7 Å². The number of carbonyl (C=O) groups is 2. The molecule has 2 N–H and O–H groups in total. The Morgan fingerprint density at radius 2 is 2.21 bits per heavy atom. The van der Waals surface area contributed by atoms with Gasteiger partial charge in [-0.05, 0) is 12.1 Å². The number of hydrogen-bond donors (Lipinski definition) is 2. The van der Waals surface area contributed by atoms with Crippen molar-refractivity contribution in [1.29, 1.82) is 0 Å². The number of nitrogens with one attached hydrogen (secondary N) is 1. The molecule has 0 aliphatic rings. The second kappa shape index (κ2) is 5.71. The van der Waals surface area contributed by atoms with Crippen LogP contribution < -0.4 is 5.32 Å². The Hall–Kier alpha value is -2.77. The number of aromatic nitrogens is 4. The van der Waals surface area contributed by atoms with Gasteiger partial charge in [0.15, 0.2) is 0 Å². The van der Waals surface area contributed by atoms with Crippen LogP contribution in [0, 0.1) is 0 Å². The van der Waals surface area contributed by atoms with E-state index in [4.69, 9.17) is 5.11 Å². The van der Waals surface area contributed by atoms with Gasteiger partial charge < -0.3 is 10.4 Å². The van der Waals surface area contributed by atoms with Crippen LogP contribution in [-0.2, 0) is 6.54 Å². The minimum absolute atomic E-state index is 0.103. The van der Waals surface area contributed by atoms with Crippen LogP contribution in [0.4, 0.5) is 0 Å². The van der Waals surface area contributed by atoms with Crippen molar-refractivity contribution in [3.8, 4) is 0 Å². The summed E-state index contributed by atoms with van der Waals surface area (Å²) in [4.78, 5) is 26.5. The number of rotatable bonds is 5. The first-order valence-electron chi connectivity index (χ1n) is 5.49. The second-order valence-electron chi connectivity index (χ2n) is 3.63. The van der Waals surface area contributed by atoms with Crippen LogP contribution in [0.25, 0.3) is 0 Å². The van der Waals surface area contributed by atoms with E-state index in [-0.39, 0.29) is 11.3 Å². The van der Waals surface area contributed by atoms with Gasteiger partial charge in [-0.15, -0.1) is 5.10 Å². The van der Waals surface area contributed by atoms with E-state index in [1.165, 1.54) is 24.5 Å². The lowest BCUT2D eigenvalue weighted by Crippen LogP contribution is -2.29. The molecule has 0 bridgehead atoms. The largest absolute Gasteiger partial charge is 0.478 e. The number of carboxylic acid groups (broad SMARTS) is 1. The van der Waals surface area contributed by atoms with E-state index in [2.05, 4.69) is 20.6 Å². The molecular weight excluding hydrogens is 250 g/mol. The zero-order chi connectivity index (χ0) is 13.7. The van der Waals surface area contributed by atoms with E-state index in [1.54, 1.807) is 10.9 Å². The molecule has 0 spiro atoms. The smallest absolute Gasteiger partial charge is 0.338 e. The van der Waals surface area contributed by atoms with Crippen molar-refractivity contribution >= 4 is 11.9 Å². The normalized spacial score (nSPS) is 10.1. The summed E-state index contributed by atoms with van der Waals surface area (Å²) in [7, 11) is 0. The minimum Gasteiger partial charge on any atom is -0.478 e. The molecule has 8 nitrogen and oxygen atoms in total. The predicted octanol–water partition coefficient (Wildman–Crippen LogP) is -0.199. The van der Waals surface area contributed by atoms with Gasteiger partial charge >= 0.3 is 5.97 Å². The first-order valence-corrected chi connectivity index (χ1v) is 5.49. The lowest BCUT2D eigenvalue weighted by atomic mass is 10.2. The maximum absolute atomic E-state index is 11.8. The van der Waals surface area contributed by atoms with E-state index < -0.39 is 11.9 Å². The molecule has 0 saturated heterocycles. The van der Waals surface area contributed by atoms with Gasteiger partial charge in [-0.25, -0.2) is 4.79 Å². The zero-order valence-corrected chi connectivity index (χ0v) is 9.85. The molecule has 0 radical (unpaired) electrons. The van der Waals surface area contributed by atoms with E-state index in [0.717, 1.165) is 0 Å². The molecule has 0 saturated carbocycles. The summed E-state index contributed by atoms with van der Waals surface area (Å²) in [5, 5.41) is 18.9. The van der Waals surface area contributed by atoms with Gasteiger partial charge in [-0.2, -0.15) is 0 Å². The van der Waals surface area contributed by atoms with Crippen molar-refractivity contribution in [3.63, 3.8) is 0 Å². The number of nitrogens with zero attached hydrogens (tertiary/aromatic N) is 4. The van der Waals surface area contributed by atoms with Crippen molar-refractivity contribution in [1.82, 2.24) is 25.3 Å². The third-order valence-electron chi connectivity index (χ3n) is 2.35. The molecule has 0 unspecified atom stereocenters. The molecule has 0 atom stereocenters. The van der Waals surface area contributed by atoms with Crippen molar-refractivity contribution in [3.05, 3.63) is 42.0 Å². The van der Waals surface area contributed by atoms with Gasteiger partial charge in [0.25, 0.3) is 5.91 Å². The number of amides is 1. The lowest BCUT2D eigenvalue weighted by Gasteiger charge is -2.06. The monoisotopic (exact) mass is 261 g/mol. The molecule has 0 aliphatic carbocycles. The Labute approximate surface area is 108 Å². The van der Waals surface area contributed by atoms with Gasteiger partial charge in [-0.3, -0.25) is 14.5 Å². The highest BCUT2D eigenvalue weighted by Crippen LogP contribution is 2.04. The highest BCUT2D eigenvalue weighted by Gasteiger charge is 2.16. The Morgan fingerprint density at radius 3 is 2.89 bits per heavy atom. The summed E-state index contributed by atoms with van der Waals surface area (Å²) in [6.45, 7) is 0.749. The Balaban J connectivity index is 1.98. The number of aromatic carboxylic acids is 1. The van der Waals surface area contributed by atoms with Crippen molar-refractivity contribution in [2.45, 2.75) is 6.54 Å². The molecule has 2 aromatic heterocycles. The van der Waals surface area contributed by atoms with Crippen LogP contribution in [0.15, 0.2) is 30.7 Å². The fraction of sp³-hybridized carbons (Fsp3) is 0.182. The first-order chi connectivity index (χ1) is 9.18. The zero-order valence-electron chi connectivity index (χ0n) is 9.85. The molecule has 0 fully saturated rings. The molecule has 2 heterocycles. The summed E-state index contributed by atoms with van der Waals surface area (Å²) < 4.78 is 1.55. The Bertz CT molecular complexity index is 582. The van der Waals surface area contributed by atoms with Gasteiger partial charge in [0.1, 0.15) is 5.69 Å². The van der Waals surface area contributed by atoms with Crippen molar-refractivity contribution in [2.24, 2.45) is 0 Å². The van der Waals surface area contributed by atoms with Crippen molar-refractivity contribution in [2.75, 3.05) is 6.54 Å². The van der Waals surface area contributed by atoms with Gasteiger partial charge in [0.2, 0.25) is 0 Å². The maximum Gasteiger partial charge on any atom is 0.338 e. The number of pyridine rings is 1. The third-order valence-corrected chi connectivity index (χ3v) is 2.35. The number of carbonyl (C=O) groups excluding carboxylic acids is 1. The molecule has 2 rings (SSSR count). The van der Waals surface area contributed by atoms with Gasteiger partial charge in [0.05, 0.1) is 18.3 Å². The van der Waals surface area contributed by atoms with Crippen LogP contribution in [0.1, 0.15) is 20.8 Å². The standard InChI is InChI=1S/C11H11N5O3/c17-10(13-4-6-16-7-5-14-15-16)9-8(11(18)19)2-1-3-12-9/h1-3,5,7H,4,6H2,(H,13,17)(H,18,19). The van der Waals surface area contributed by atoms with E-state index >= 15 is 0 Å². The van der Waals surface area contributed by atoms with Crippen LogP contribution in [-0.4, -0.2) is 43.5 Å². The lowest BCUT2D eigenvalue weighted by molar-refractivity contribution is 0.0690. The van der Waals surface area contributed by atoms with Gasteiger partial charge in [0, 0.05) is 18.9 Å². The van der Waals surface area contributed by atoms with Crippen LogP contribution in [0.3, 0.4) is 0 Å². The highest BCUT2D eigenvalue weighted by atomic mass is 16.4. The minimum atomic E-state index is -1.19. The molecule has 1 amide bonds. The quantitative estimate of drug-likeness (QED) is 0.771. The molecule has 19 heavy (non-hydrogen) atoms. The van der Waals surface area contributed by atoms with Crippen LogP contribution in [0.5, 0.6) is 0 Å². The topological polar surface area (TPSA) is 110 Å². The Kier molecular flexibility index (Phi) is 3.81. The summed E-state index contributed by atoms with van der Waals surface area (Å²) >= 11 is 0. The molecule has 8 heteroatoms. The maximum atomic E-state index is 11.8. The van der Waals surface area contributed by atoms with E-state index in [1.807, 2.05) is 0 Å². The molecule has 98 valence electrons. The second-order valence-corrected chi connectivity index (χ2v) is 3.63. The summed E-state index contributed by atoms with van der Waals surface area (Å²) in [5.41, 5.74) is -0.227. The SMILES string of the molecule is O=C(O)c1cccnc1C(=O)NCCn1ccnn1. The fourth-order valence-corrected chi connectivity index (χ4v) is 1.48. The summed E-state index contributed by atoms with van der Waals surface area (Å²) in [6.07, 6.45) is 4.57. The molecular formula is C11H11N5O3. The summed E-state index contributed by atoms with van der Waals surface area (Å²) in [6, 6.07) is 2.80. The van der Waals surface area contributed by atoms with Crippen LogP contribution in [0.2, 0.25) is 0 Å². The average Bonchev–Trinajstić information content (AvgIpc) is 2.91. The molecule has 2 aromatic rings. The molecule has 0 aliphatic heterocycles. The predicted molar refractivity (Wildman–Crippen MR) is 63.6 cm³/mol. The van der Waals surface area contributed by atoms with Crippen LogP contribution >= 0.6 is 0 Å². The van der Waals surface area contributed by atoms with E-state index in [9.17, 15) is 9.59 Å². The van der Waals surface area contributed by atoms with Gasteiger partial charge in [-0.1, -0.05) is 5.21 Å². The summed E-state index contributed by atoms with van der Waals surface area (Å²) in [5.74, 6) is -1.72. The number of carboxylic acids is 1. The Morgan fingerprint density at radius 1 is 1.37 bits per heavy atom. The number of hydrogen-bond acceptors (Lipinski definition) is 5. The van der Waals surface area contributed by atoms with E-state index in [0.29, 0.717) is 13.1 Å². The fourth-order valence-electron chi connectivity index (χ4n) is 1.48. The average molecular weight is 261 g/mol. The third kappa shape index (κ3) is 3.12. The highest BCUT2D eigenvalue weighted by molar-refractivity contribution is 6.03.